The van der Waals surface area contributed by atoms with Gasteiger partial charge in [0, 0.05) is 25.7 Å². The van der Waals surface area contributed by atoms with Crippen molar-refractivity contribution < 1.29 is 24.3 Å². The Hall–Kier alpha value is -4.15. The Morgan fingerprint density at radius 1 is 0.897 bits per heavy atom. The van der Waals surface area contributed by atoms with Crippen LogP contribution in [0.15, 0.2) is 60.7 Å². The van der Waals surface area contributed by atoms with Crippen molar-refractivity contribution in [3.8, 4) is 11.1 Å². The molecule has 0 aliphatic heterocycles. The lowest BCUT2D eigenvalue weighted by molar-refractivity contribution is -0.139. The van der Waals surface area contributed by atoms with E-state index in [2.05, 4.69) is 26.3 Å². The summed E-state index contributed by atoms with van der Waals surface area (Å²) in [5.41, 5.74) is 2.16. The first kappa shape index (κ1) is 29.4. The highest BCUT2D eigenvalue weighted by Gasteiger charge is 2.24. The summed E-state index contributed by atoms with van der Waals surface area (Å²) in [5.74, 6) is -2.50. The van der Waals surface area contributed by atoms with Crippen LogP contribution in [0, 0.1) is 0 Å². The summed E-state index contributed by atoms with van der Waals surface area (Å²) in [6, 6.07) is 16.3. The van der Waals surface area contributed by atoms with Crippen molar-refractivity contribution in [3.05, 3.63) is 82.0 Å². The molecular weight excluding hydrogens is 545 g/mol. The van der Waals surface area contributed by atoms with Crippen molar-refractivity contribution in [3.63, 3.8) is 0 Å². The Morgan fingerprint density at radius 3 is 2.23 bits per heavy atom. The van der Waals surface area contributed by atoms with E-state index >= 15 is 0 Å². The van der Waals surface area contributed by atoms with Gasteiger partial charge in [0.25, 0.3) is 5.91 Å². The van der Waals surface area contributed by atoms with Crippen LogP contribution in [0.25, 0.3) is 11.1 Å². The Morgan fingerprint density at radius 2 is 1.59 bits per heavy atom. The third-order valence-electron chi connectivity index (χ3n) is 5.60. The number of anilines is 1. The maximum atomic E-state index is 12.8. The maximum absolute atomic E-state index is 12.8. The first-order valence-electron chi connectivity index (χ1n) is 11.9. The van der Waals surface area contributed by atoms with Crippen LogP contribution in [-0.4, -0.2) is 60.0 Å². The summed E-state index contributed by atoms with van der Waals surface area (Å²) < 4.78 is 0. The zero-order chi connectivity index (χ0) is 28.4. The van der Waals surface area contributed by atoms with Crippen LogP contribution in [0.5, 0.6) is 0 Å². The average molecular weight is 572 g/mol. The molecule has 0 fully saturated rings. The number of amides is 3. The van der Waals surface area contributed by atoms with E-state index in [4.69, 9.17) is 23.2 Å². The molecule has 3 amide bonds. The Labute approximate surface area is 235 Å². The molecule has 3 rings (SSSR count). The predicted molar refractivity (Wildman–Crippen MR) is 149 cm³/mol. The highest BCUT2D eigenvalue weighted by molar-refractivity contribution is 6.40. The highest BCUT2D eigenvalue weighted by Crippen LogP contribution is 2.31. The van der Waals surface area contributed by atoms with Gasteiger partial charge in [-0.05, 0) is 41.8 Å². The van der Waals surface area contributed by atoms with Gasteiger partial charge in [-0.15, -0.1) is 0 Å². The highest BCUT2D eigenvalue weighted by atomic mass is 35.5. The smallest absolute Gasteiger partial charge is 0.328 e. The number of benzene rings is 2. The number of carboxylic acids is 1. The molecule has 12 heteroatoms. The van der Waals surface area contributed by atoms with E-state index in [-0.39, 0.29) is 34.5 Å². The van der Waals surface area contributed by atoms with Gasteiger partial charge in [0.1, 0.15) is 11.9 Å². The third kappa shape index (κ3) is 8.69. The Kier molecular flexibility index (Phi) is 10.7. The second-order valence-corrected chi connectivity index (χ2v) is 9.20. The van der Waals surface area contributed by atoms with Crippen molar-refractivity contribution in [1.82, 2.24) is 20.9 Å². The molecule has 0 saturated carbocycles. The van der Waals surface area contributed by atoms with Gasteiger partial charge in [0.15, 0.2) is 0 Å². The summed E-state index contributed by atoms with van der Waals surface area (Å²) in [7, 11) is 1.74. The average Bonchev–Trinajstić information content (AvgIpc) is 2.93. The zero-order valence-electron chi connectivity index (χ0n) is 21.0. The normalized spacial score (nSPS) is 11.3. The van der Waals surface area contributed by atoms with E-state index < -0.39 is 30.4 Å². The molecule has 2 aromatic carbocycles. The summed E-state index contributed by atoms with van der Waals surface area (Å²) in [4.78, 5) is 53.1. The molecule has 0 saturated heterocycles. The standard InChI is InChI=1S/C27H27Cl2N5O5/c1-30-22-9-5-8-18(33-22)10-11-23(35)32-15-24(36)31-14-21(27(38)39)34-26(37)25-19(28)12-17(13-20(25)29)16-6-3-2-4-7-16/h2-9,12-13,21H,10-11,14-15H2,1H3,(H,30,33)(H,31,36)(H,32,35)(H,34,37)(H,38,39)/t21-/m0/s1. The minimum absolute atomic E-state index is 0.0441. The molecule has 0 radical (unpaired) electrons. The fraction of sp³-hybridized carbons (Fsp3) is 0.222. The molecule has 1 atom stereocenters. The van der Waals surface area contributed by atoms with E-state index in [1.807, 2.05) is 36.4 Å². The van der Waals surface area contributed by atoms with Gasteiger partial charge >= 0.3 is 5.97 Å². The molecule has 5 N–H and O–H groups in total. The molecule has 0 unspecified atom stereocenters. The Bertz CT molecular complexity index is 1330. The van der Waals surface area contributed by atoms with Gasteiger partial charge in [-0.3, -0.25) is 14.4 Å². The van der Waals surface area contributed by atoms with E-state index in [1.54, 1.807) is 31.3 Å². The number of aryl methyl sites for hydroxylation is 1. The van der Waals surface area contributed by atoms with E-state index in [9.17, 15) is 24.3 Å². The number of aromatic nitrogens is 1. The monoisotopic (exact) mass is 571 g/mol. The lowest BCUT2D eigenvalue weighted by Gasteiger charge is -2.17. The maximum Gasteiger partial charge on any atom is 0.328 e. The zero-order valence-corrected chi connectivity index (χ0v) is 22.5. The van der Waals surface area contributed by atoms with Crippen LogP contribution in [0.4, 0.5) is 5.82 Å². The van der Waals surface area contributed by atoms with E-state index in [0.717, 1.165) is 11.3 Å². The number of carboxylic acid groups (broad SMARTS) is 1. The van der Waals surface area contributed by atoms with Gasteiger partial charge in [0.05, 0.1) is 22.2 Å². The number of nitrogens with zero attached hydrogens (tertiary/aromatic N) is 1. The first-order chi connectivity index (χ1) is 18.7. The fourth-order valence-electron chi connectivity index (χ4n) is 3.56. The van der Waals surface area contributed by atoms with Crippen LogP contribution in [-0.2, 0) is 20.8 Å². The summed E-state index contributed by atoms with van der Waals surface area (Å²) in [6.07, 6.45) is 0.499. The Balaban J connectivity index is 1.50. The summed E-state index contributed by atoms with van der Waals surface area (Å²) in [5, 5.41) is 19.7. The van der Waals surface area contributed by atoms with Gasteiger partial charge in [-0.2, -0.15) is 0 Å². The molecule has 3 aromatic rings. The molecule has 0 spiro atoms. The first-order valence-corrected chi connectivity index (χ1v) is 12.7. The minimum Gasteiger partial charge on any atom is -0.480 e. The predicted octanol–water partition coefficient (Wildman–Crippen LogP) is 3.15. The molecule has 1 heterocycles. The van der Waals surface area contributed by atoms with Gasteiger partial charge in [0.2, 0.25) is 11.8 Å². The number of hydrogen-bond donors (Lipinski definition) is 5. The SMILES string of the molecule is CNc1cccc(CCC(=O)NCC(=O)NC[C@H](NC(=O)c2c(Cl)cc(-c3ccccc3)cc2Cl)C(=O)O)n1. The number of halogens is 2. The second-order valence-electron chi connectivity index (χ2n) is 8.39. The topological polar surface area (TPSA) is 150 Å². The molecule has 0 aliphatic carbocycles. The molecule has 204 valence electrons. The van der Waals surface area contributed by atoms with Crippen LogP contribution in [0.1, 0.15) is 22.5 Å². The minimum atomic E-state index is -1.47. The number of pyridine rings is 1. The largest absolute Gasteiger partial charge is 0.480 e. The fourth-order valence-corrected chi connectivity index (χ4v) is 4.22. The lowest BCUT2D eigenvalue weighted by Crippen LogP contribution is -2.50. The van der Waals surface area contributed by atoms with Crippen LogP contribution < -0.4 is 21.3 Å². The molecule has 10 nitrogen and oxygen atoms in total. The second kappa shape index (κ2) is 14.1. The van der Waals surface area contributed by atoms with Crippen molar-refractivity contribution in [2.75, 3.05) is 25.5 Å². The van der Waals surface area contributed by atoms with Gasteiger partial charge in [-0.25, -0.2) is 9.78 Å². The molecule has 0 bridgehead atoms. The van der Waals surface area contributed by atoms with Gasteiger partial charge in [-0.1, -0.05) is 59.6 Å². The summed E-state index contributed by atoms with van der Waals surface area (Å²) >= 11 is 12.6. The number of nitrogens with one attached hydrogen (secondary N) is 4. The number of rotatable bonds is 12. The lowest BCUT2D eigenvalue weighted by atomic mass is 10.0. The van der Waals surface area contributed by atoms with E-state index in [1.165, 1.54) is 0 Å². The number of hydrogen-bond acceptors (Lipinski definition) is 6. The third-order valence-corrected chi connectivity index (χ3v) is 6.20. The molecule has 1 aromatic heterocycles. The van der Waals surface area contributed by atoms with Crippen LogP contribution in [0.2, 0.25) is 10.0 Å². The van der Waals surface area contributed by atoms with Crippen molar-refractivity contribution in [2.24, 2.45) is 0 Å². The summed E-state index contributed by atoms with van der Waals surface area (Å²) in [6.45, 7) is -0.782. The van der Waals surface area contributed by atoms with Crippen molar-refractivity contribution in [1.29, 1.82) is 0 Å². The van der Waals surface area contributed by atoms with Crippen molar-refractivity contribution in [2.45, 2.75) is 18.9 Å². The van der Waals surface area contributed by atoms with E-state index in [0.29, 0.717) is 17.8 Å². The number of carbonyl (C=O) groups excluding carboxylic acids is 3. The molecule has 0 aliphatic rings. The van der Waals surface area contributed by atoms with Crippen LogP contribution in [0.3, 0.4) is 0 Å². The van der Waals surface area contributed by atoms with Crippen LogP contribution >= 0.6 is 23.2 Å². The quantitative estimate of drug-likeness (QED) is 0.224. The van der Waals surface area contributed by atoms with Gasteiger partial charge < -0.3 is 26.4 Å². The molecular formula is C27H27Cl2N5O5. The number of aliphatic carboxylic acids is 1. The van der Waals surface area contributed by atoms with Crippen molar-refractivity contribution >= 4 is 52.7 Å². The number of carbonyl (C=O) groups is 4. The molecule has 39 heavy (non-hydrogen) atoms.